The summed E-state index contributed by atoms with van der Waals surface area (Å²) in [6, 6.07) is 0. The number of Topliss-reactive ketones (excluding diaryl/α,β-unsaturated/α-hetero) is 1. The van der Waals surface area contributed by atoms with Crippen LogP contribution in [0.25, 0.3) is 0 Å². The molecule has 0 bridgehead atoms. The van der Waals surface area contributed by atoms with Gasteiger partial charge >= 0.3 is 5.97 Å². The summed E-state index contributed by atoms with van der Waals surface area (Å²) >= 11 is 0. The van der Waals surface area contributed by atoms with Crippen molar-refractivity contribution >= 4 is 11.8 Å². The summed E-state index contributed by atoms with van der Waals surface area (Å²) in [5, 5.41) is 9.27. The molecule has 3 atom stereocenters. The van der Waals surface area contributed by atoms with E-state index in [0.29, 0.717) is 32.3 Å². The third-order valence-electron chi connectivity index (χ3n) is 4.27. The Bertz CT molecular complexity index is 419. The van der Waals surface area contributed by atoms with Crippen molar-refractivity contribution in [1.82, 2.24) is 0 Å². The van der Waals surface area contributed by atoms with E-state index >= 15 is 0 Å². The van der Waals surface area contributed by atoms with E-state index in [9.17, 15) is 14.7 Å². The van der Waals surface area contributed by atoms with Gasteiger partial charge in [0.05, 0.1) is 18.6 Å². The van der Waals surface area contributed by atoms with Gasteiger partial charge in [-0.05, 0) is 26.2 Å². The number of aliphatic hydroxyl groups is 1. The van der Waals surface area contributed by atoms with Crippen molar-refractivity contribution < 1.29 is 28.9 Å². The molecule has 1 fully saturated rings. The first-order valence-electron chi connectivity index (χ1n) is 7.44. The Morgan fingerprint density at radius 1 is 1.36 bits per heavy atom. The van der Waals surface area contributed by atoms with Crippen LogP contribution in [0.4, 0.5) is 0 Å². The molecule has 0 aromatic rings. The zero-order valence-corrected chi connectivity index (χ0v) is 13.6. The highest BCUT2D eigenvalue weighted by Gasteiger charge is 2.49. The monoisotopic (exact) mass is 314 g/mol. The van der Waals surface area contributed by atoms with Crippen molar-refractivity contribution in [3.63, 3.8) is 0 Å². The number of carbonyl (C=O) groups excluding carboxylic acids is 2. The Morgan fingerprint density at radius 2 is 2.05 bits per heavy atom. The quantitative estimate of drug-likeness (QED) is 0.536. The normalized spacial score (nSPS) is 28.2. The lowest BCUT2D eigenvalue weighted by molar-refractivity contribution is -0.178. The third-order valence-corrected chi connectivity index (χ3v) is 4.27. The molecule has 1 aliphatic rings. The van der Waals surface area contributed by atoms with Crippen LogP contribution >= 0.6 is 0 Å². The first-order valence-corrected chi connectivity index (χ1v) is 7.44. The number of ether oxygens (including phenoxy) is 3. The second kappa shape index (κ2) is 8.41. The van der Waals surface area contributed by atoms with E-state index < -0.39 is 24.1 Å². The number of esters is 1. The standard InChI is InChI=1S/C16H26O6/c1-11(2)15(19)22-16(7-8-20-3)6-5-12(21-4)9-13(16)14(18)10-17/h12-13,17H,1,5-10H2,2-4H3. The number of hydrogen-bond acceptors (Lipinski definition) is 6. The van der Waals surface area contributed by atoms with Crippen LogP contribution in [0.15, 0.2) is 12.2 Å². The lowest BCUT2D eigenvalue weighted by atomic mass is 9.70. The van der Waals surface area contributed by atoms with Crippen molar-refractivity contribution in [2.45, 2.75) is 44.3 Å². The minimum absolute atomic E-state index is 0.0836. The van der Waals surface area contributed by atoms with E-state index in [1.54, 1.807) is 21.1 Å². The summed E-state index contributed by atoms with van der Waals surface area (Å²) < 4.78 is 16.1. The second-order valence-corrected chi connectivity index (χ2v) is 5.79. The van der Waals surface area contributed by atoms with E-state index in [0.717, 1.165) is 0 Å². The van der Waals surface area contributed by atoms with Gasteiger partial charge in [-0.3, -0.25) is 4.79 Å². The molecule has 0 saturated heterocycles. The highest BCUT2D eigenvalue weighted by atomic mass is 16.6. The molecule has 0 amide bonds. The van der Waals surface area contributed by atoms with Crippen LogP contribution in [-0.4, -0.2) is 56.0 Å². The lowest BCUT2D eigenvalue weighted by Crippen LogP contribution is -2.52. The Kier molecular flexibility index (Phi) is 7.19. The molecule has 6 nitrogen and oxygen atoms in total. The average Bonchev–Trinajstić information content (AvgIpc) is 2.52. The van der Waals surface area contributed by atoms with Crippen LogP contribution in [0.2, 0.25) is 0 Å². The van der Waals surface area contributed by atoms with Gasteiger partial charge in [0.1, 0.15) is 12.2 Å². The minimum Gasteiger partial charge on any atom is -0.455 e. The molecule has 1 aliphatic carbocycles. The molecule has 1 saturated carbocycles. The van der Waals surface area contributed by atoms with E-state index in [2.05, 4.69) is 6.58 Å². The van der Waals surface area contributed by atoms with Crippen molar-refractivity contribution in [2.75, 3.05) is 27.4 Å². The molecule has 1 N–H and O–H groups in total. The zero-order chi connectivity index (χ0) is 16.8. The van der Waals surface area contributed by atoms with Crippen molar-refractivity contribution in [3.05, 3.63) is 12.2 Å². The summed E-state index contributed by atoms with van der Waals surface area (Å²) in [5.41, 5.74) is -0.693. The van der Waals surface area contributed by atoms with Gasteiger partial charge in [-0.2, -0.15) is 0 Å². The highest BCUT2D eigenvalue weighted by molar-refractivity contribution is 5.88. The fraction of sp³-hybridized carbons (Fsp3) is 0.750. The number of aliphatic hydroxyl groups excluding tert-OH is 1. The molecule has 0 aliphatic heterocycles. The highest BCUT2D eigenvalue weighted by Crippen LogP contribution is 2.41. The summed E-state index contributed by atoms with van der Waals surface area (Å²) in [5.74, 6) is -1.47. The topological polar surface area (TPSA) is 82.1 Å². The summed E-state index contributed by atoms with van der Waals surface area (Å²) in [6.45, 7) is 4.93. The molecule has 0 aromatic heterocycles. The van der Waals surface area contributed by atoms with Gasteiger partial charge in [0.2, 0.25) is 0 Å². The van der Waals surface area contributed by atoms with Crippen molar-refractivity contribution in [1.29, 1.82) is 0 Å². The predicted molar refractivity (Wildman–Crippen MR) is 80.4 cm³/mol. The minimum atomic E-state index is -0.971. The van der Waals surface area contributed by atoms with E-state index in [4.69, 9.17) is 14.2 Å². The first-order chi connectivity index (χ1) is 10.4. The van der Waals surface area contributed by atoms with Crippen LogP contribution in [0.3, 0.4) is 0 Å². The van der Waals surface area contributed by atoms with Gasteiger partial charge in [-0.25, -0.2) is 4.79 Å². The van der Waals surface area contributed by atoms with Gasteiger partial charge in [0.25, 0.3) is 0 Å². The maximum absolute atomic E-state index is 12.2. The smallest absolute Gasteiger partial charge is 0.333 e. The molecule has 0 heterocycles. The molecule has 1 rings (SSSR count). The molecular weight excluding hydrogens is 288 g/mol. The molecule has 0 radical (unpaired) electrons. The van der Waals surface area contributed by atoms with Crippen LogP contribution in [0.5, 0.6) is 0 Å². The molecule has 6 heteroatoms. The van der Waals surface area contributed by atoms with Gasteiger partial charge in [-0.15, -0.1) is 0 Å². The molecule has 126 valence electrons. The number of hydrogen-bond donors (Lipinski definition) is 1. The average molecular weight is 314 g/mol. The van der Waals surface area contributed by atoms with Crippen LogP contribution < -0.4 is 0 Å². The van der Waals surface area contributed by atoms with Crippen LogP contribution in [0, 0.1) is 5.92 Å². The van der Waals surface area contributed by atoms with Crippen LogP contribution in [-0.2, 0) is 23.8 Å². The molecule has 0 aromatic carbocycles. The Balaban J connectivity index is 3.09. The van der Waals surface area contributed by atoms with E-state index in [1.807, 2.05) is 0 Å². The number of methoxy groups -OCH3 is 2. The Hall–Kier alpha value is -1.24. The maximum Gasteiger partial charge on any atom is 0.333 e. The largest absolute Gasteiger partial charge is 0.455 e. The van der Waals surface area contributed by atoms with E-state index in [1.165, 1.54) is 0 Å². The molecule has 3 unspecified atom stereocenters. The number of rotatable bonds is 8. The Morgan fingerprint density at radius 3 is 2.55 bits per heavy atom. The second-order valence-electron chi connectivity index (χ2n) is 5.79. The lowest BCUT2D eigenvalue weighted by Gasteiger charge is -2.44. The molecular formula is C16H26O6. The third kappa shape index (κ3) is 4.38. The molecule has 22 heavy (non-hydrogen) atoms. The van der Waals surface area contributed by atoms with E-state index in [-0.39, 0.29) is 17.5 Å². The fourth-order valence-electron chi connectivity index (χ4n) is 2.94. The predicted octanol–water partition coefficient (Wildman–Crippen LogP) is 1.26. The van der Waals surface area contributed by atoms with Gasteiger partial charge in [-0.1, -0.05) is 6.58 Å². The van der Waals surface area contributed by atoms with Gasteiger partial charge in [0.15, 0.2) is 5.78 Å². The van der Waals surface area contributed by atoms with Crippen molar-refractivity contribution in [3.8, 4) is 0 Å². The number of carbonyl (C=O) groups is 2. The SMILES string of the molecule is C=C(C)C(=O)OC1(CCOC)CCC(OC)CC1C(=O)CO. The van der Waals surface area contributed by atoms with Crippen LogP contribution in [0.1, 0.15) is 32.6 Å². The molecule has 0 spiro atoms. The fourth-order valence-corrected chi connectivity index (χ4v) is 2.94. The Labute approximate surface area is 131 Å². The van der Waals surface area contributed by atoms with Crippen molar-refractivity contribution in [2.24, 2.45) is 5.92 Å². The summed E-state index contributed by atoms with van der Waals surface area (Å²) in [6.07, 6.45) is 1.90. The maximum atomic E-state index is 12.2. The number of ketones is 1. The van der Waals surface area contributed by atoms with Gasteiger partial charge < -0.3 is 19.3 Å². The summed E-state index contributed by atoms with van der Waals surface area (Å²) in [4.78, 5) is 24.2. The first kappa shape index (κ1) is 18.8. The summed E-state index contributed by atoms with van der Waals surface area (Å²) in [7, 11) is 3.14. The zero-order valence-electron chi connectivity index (χ0n) is 13.6. The van der Waals surface area contributed by atoms with Gasteiger partial charge in [0, 0.05) is 26.2 Å².